The van der Waals surface area contributed by atoms with Crippen LogP contribution in [0.2, 0.25) is 0 Å². The van der Waals surface area contributed by atoms with Crippen LogP contribution in [0.25, 0.3) is 0 Å². The number of likely N-dealkylation sites (tertiary alicyclic amines) is 1. The Hall–Kier alpha value is -1.05. The van der Waals surface area contributed by atoms with Crippen LogP contribution in [0, 0.1) is 18.3 Å². The average Bonchev–Trinajstić information content (AvgIpc) is 2.07. The minimum absolute atomic E-state index is 0.0469. The zero-order valence-electron chi connectivity index (χ0n) is 7.49. The molecule has 72 valence electrons. The van der Waals surface area contributed by atoms with Crippen molar-refractivity contribution in [3.63, 3.8) is 0 Å². The van der Waals surface area contributed by atoms with Crippen molar-refractivity contribution in [1.82, 2.24) is 10.2 Å². The number of terminal acetylenes is 1. The van der Waals surface area contributed by atoms with E-state index in [-0.39, 0.29) is 19.1 Å². The Balaban J connectivity index is 2.07. The van der Waals surface area contributed by atoms with E-state index < -0.39 is 0 Å². The molecule has 0 aromatic heterocycles. The van der Waals surface area contributed by atoms with Crippen molar-refractivity contribution >= 4 is 5.91 Å². The molecular formula is C9H14N2O2. The first-order valence-corrected chi connectivity index (χ1v) is 4.29. The molecule has 0 saturated carbocycles. The molecule has 1 heterocycles. The van der Waals surface area contributed by atoms with Gasteiger partial charge in [0.2, 0.25) is 5.91 Å². The van der Waals surface area contributed by atoms with E-state index >= 15 is 0 Å². The van der Waals surface area contributed by atoms with Crippen LogP contribution in [0.3, 0.4) is 0 Å². The molecule has 4 heteroatoms. The molecule has 1 fully saturated rings. The number of aliphatic hydroxyl groups is 1. The van der Waals surface area contributed by atoms with E-state index in [1.807, 2.05) is 4.90 Å². The van der Waals surface area contributed by atoms with Gasteiger partial charge < -0.3 is 10.4 Å². The second kappa shape index (κ2) is 4.85. The summed E-state index contributed by atoms with van der Waals surface area (Å²) in [4.78, 5) is 13.1. The third-order valence-electron chi connectivity index (χ3n) is 2.05. The van der Waals surface area contributed by atoms with E-state index in [0.717, 1.165) is 13.1 Å². The normalized spacial score (nSPS) is 17.5. The number of aliphatic hydroxyl groups excluding tert-OH is 1. The number of nitrogens with one attached hydrogen (secondary N) is 1. The third-order valence-corrected chi connectivity index (χ3v) is 2.05. The molecule has 0 aromatic carbocycles. The van der Waals surface area contributed by atoms with Crippen molar-refractivity contribution in [3.8, 4) is 12.3 Å². The van der Waals surface area contributed by atoms with Crippen molar-refractivity contribution in [3.05, 3.63) is 0 Å². The predicted octanol–water partition coefficient (Wildman–Crippen LogP) is -1.34. The average molecular weight is 182 g/mol. The Bertz CT molecular complexity index is 216. The largest absolute Gasteiger partial charge is 0.396 e. The topological polar surface area (TPSA) is 52.6 Å². The molecule has 0 radical (unpaired) electrons. The monoisotopic (exact) mass is 182 g/mol. The molecule has 0 aromatic rings. The minimum atomic E-state index is -0.0469. The number of nitrogens with zero attached hydrogens (tertiary/aromatic N) is 1. The van der Waals surface area contributed by atoms with Gasteiger partial charge in [-0.25, -0.2) is 0 Å². The van der Waals surface area contributed by atoms with Crippen molar-refractivity contribution in [1.29, 1.82) is 0 Å². The Morgan fingerprint density at radius 2 is 2.38 bits per heavy atom. The first-order valence-electron chi connectivity index (χ1n) is 4.29. The van der Waals surface area contributed by atoms with Gasteiger partial charge in [-0.2, -0.15) is 0 Å². The molecule has 1 amide bonds. The molecule has 1 rings (SSSR count). The Kier molecular flexibility index (Phi) is 3.74. The van der Waals surface area contributed by atoms with Crippen LogP contribution >= 0.6 is 0 Å². The summed E-state index contributed by atoms with van der Waals surface area (Å²) >= 11 is 0. The SMILES string of the molecule is C#CCNC(=O)CN1CC(CO)C1. The van der Waals surface area contributed by atoms with Crippen LogP contribution in [-0.4, -0.2) is 48.7 Å². The lowest BCUT2D eigenvalue weighted by molar-refractivity contribution is -0.123. The highest BCUT2D eigenvalue weighted by atomic mass is 16.3. The van der Waals surface area contributed by atoms with Gasteiger partial charge in [-0.3, -0.25) is 9.69 Å². The molecular weight excluding hydrogens is 168 g/mol. The molecule has 2 N–H and O–H groups in total. The van der Waals surface area contributed by atoms with Crippen LogP contribution in [0.15, 0.2) is 0 Å². The summed E-state index contributed by atoms with van der Waals surface area (Å²) in [7, 11) is 0. The Labute approximate surface area is 77.9 Å². The van der Waals surface area contributed by atoms with Crippen molar-refractivity contribution < 1.29 is 9.90 Å². The maximum absolute atomic E-state index is 11.1. The molecule has 0 atom stereocenters. The lowest BCUT2D eigenvalue weighted by Gasteiger charge is -2.37. The summed E-state index contributed by atoms with van der Waals surface area (Å²) in [5, 5.41) is 11.3. The van der Waals surface area contributed by atoms with Crippen LogP contribution in [0.5, 0.6) is 0 Å². The minimum Gasteiger partial charge on any atom is -0.396 e. The third kappa shape index (κ3) is 3.05. The quantitative estimate of drug-likeness (QED) is 0.529. The number of carbonyl (C=O) groups is 1. The molecule has 1 aliphatic heterocycles. The summed E-state index contributed by atoms with van der Waals surface area (Å²) in [6.07, 6.45) is 4.99. The van der Waals surface area contributed by atoms with Crippen molar-refractivity contribution in [2.45, 2.75) is 0 Å². The van der Waals surface area contributed by atoms with Gasteiger partial charge >= 0.3 is 0 Å². The summed E-state index contributed by atoms with van der Waals surface area (Å²) in [6.45, 7) is 2.50. The lowest BCUT2D eigenvalue weighted by atomic mass is 10.0. The summed E-state index contributed by atoms with van der Waals surface area (Å²) < 4.78 is 0. The van der Waals surface area contributed by atoms with Crippen LogP contribution in [0.4, 0.5) is 0 Å². The first-order chi connectivity index (χ1) is 6.26. The highest BCUT2D eigenvalue weighted by molar-refractivity contribution is 5.78. The smallest absolute Gasteiger partial charge is 0.234 e. The van der Waals surface area contributed by atoms with Gasteiger partial charge in [-0.05, 0) is 0 Å². The first kappa shape index (κ1) is 10.0. The van der Waals surface area contributed by atoms with E-state index in [1.165, 1.54) is 0 Å². The molecule has 13 heavy (non-hydrogen) atoms. The fraction of sp³-hybridized carbons (Fsp3) is 0.667. The molecule has 0 spiro atoms. The predicted molar refractivity (Wildman–Crippen MR) is 48.9 cm³/mol. The maximum Gasteiger partial charge on any atom is 0.234 e. The summed E-state index contributed by atoms with van der Waals surface area (Å²) in [5.74, 6) is 2.64. The number of rotatable bonds is 4. The number of hydrogen-bond acceptors (Lipinski definition) is 3. The molecule has 1 saturated heterocycles. The van der Waals surface area contributed by atoms with Crippen molar-refractivity contribution in [2.24, 2.45) is 5.92 Å². The highest BCUT2D eigenvalue weighted by Crippen LogP contribution is 2.12. The molecule has 4 nitrogen and oxygen atoms in total. The standard InChI is InChI=1S/C9H14N2O2/c1-2-3-10-9(13)6-11-4-8(5-11)7-12/h1,8,12H,3-7H2,(H,10,13). The molecule has 0 bridgehead atoms. The van der Waals surface area contributed by atoms with E-state index in [2.05, 4.69) is 11.2 Å². The van der Waals surface area contributed by atoms with E-state index in [4.69, 9.17) is 11.5 Å². The second-order valence-electron chi connectivity index (χ2n) is 3.22. The zero-order chi connectivity index (χ0) is 9.68. The summed E-state index contributed by atoms with van der Waals surface area (Å²) in [6, 6.07) is 0. The molecule has 0 aliphatic carbocycles. The van der Waals surface area contributed by atoms with Crippen LogP contribution in [0.1, 0.15) is 0 Å². The van der Waals surface area contributed by atoms with E-state index in [1.54, 1.807) is 0 Å². The van der Waals surface area contributed by atoms with Gasteiger partial charge in [0.25, 0.3) is 0 Å². The summed E-state index contributed by atoms with van der Waals surface area (Å²) in [5.41, 5.74) is 0. The Morgan fingerprint density at radius 3 is 2.92 bits per heavy atom. The van der Waals surface area contributed by atoms with Gasteiger partial charge in [0.05, 0.1) is 13.1 Å². The van der Waals surface area contributed by atoms with E-state index in [9.17, 15) is 4.79 Å². The van der Waals surface area contributed by atoms with Gasteiger partial charge in [0.15, 0.2) is 0 Å². The fourth-order valence-electron chi connectivity index (χ4n) is 1.33. The Morgan fingerprint density at radius 1 is 1.69 bits per heavy atom. The fourth-order valence-corrected chi connectivity index (χ4v) is 1.33. The zero-order valence-corrected chi connectivity index (χ0v) is 7.49. The number of hydrogen-bond donors (Lipinski definition) is 2. The van der Waals surface area contributed by atoms with Gasteiger partial charge in [-0.1, -0.05) is 5.92 Å². The van der Waals surface area contributed by atoms with Gasteiger partial charge in [-0.15, -0.1) is 6.42 Å². The van der Waals surface area contributed by atoms with E-state index in [0.29, 0.717) is 12.5 Å². The number of carbonyl (C=O) groups excluding carboxylic acids is 1. The maximum atomic E-state index is 11.1. The van der Waals surface area contributed by atoms with Crippen LogP contribution < -0.4 is 5.32 Å². The highest BCUT2D eigenvalue weighted by Gasteiger charge is 2.26. The van der Waals surface area contributed by atoms with Crippen LogP contribution in [-0.2, 0) is 4.79 Å². The number of amides is 1. The molecule has 1 aliphatic rings. The lowest BCUT2D eigenvalue weighted by Crippen LogP contribution is -2.52. The van der Waals surface area contributed by atoms with Gasteiger partial charge in [0, 0.05) is 25.6 Å². The van der Waals surface area contributed by atoms with Crippen molar-refractivity contribution in [2.75, 3.05) is 32.8 Å². The molecule has 0 unspecified atom stereocenters. The van der Waals surface area contributed by atoms with Gasteiger partial charge in [0.1, 0.15) is 0 Å². The second-order valence-corrected chi connectivity index (χ2v) is 3.22.